The molecule has 168 valence electrons. The highest BCUT2D eigenvalue weighted by Crippen LogP contribution is 2.30. The minimum atomic E-state index is -0.322. The van der Waals surface area contributed by atoms with Crippen molar-refractivity contribution in [2.45, 2.75) is 71.0 Å². The van der Waals surface area contributed by atoms with Gasteiger partial charge in [-0.05, 0) is 63.0 Å². The fraction of sp³-hybridized carbons (Fsp3) is 0.652. The first-order valence-corrected chi connectivity index (χ1v) is 11.5. The maximum Gasteiger partial charge on any atom is 0.409 e. The Morgan fingerprint density at radius 2 is 1.97 bits per heavy atom. The molecular formula is C23H33N5O3. The van der Waals surface area contributed by atoms with Crippen molar-refractivity contribution >= 4 is 6.09 Å². The van der Waals surface area contributed by atoms with Crippen molar-refractivity contribution in [1.82, 2.24) is 24.9 Å². The number of hydrogen-bond acceptors (Lipinski definition) is 6. The lowest BCUT2D eigenvalue weighted by atomic mass is 9.98. The summed E-state index contributed by atoms with van der Waals surface area (Å²) in [7, 11) is 3.58. The number of nitrogens with zero attached hydrogens (tertiary/aromatic N) is 5. The van der Waals surface area contributed by atoms with Gasteiger partial charge in [0, 0.05) is 20.6 Å². The van der Waals surface area contributed by atoms with Gasteiger partial charge < -0.3 is 14.4 Å². The largest absolute Gasteiger partial charge is 0.489 e. The molecule has 0 saturated heterocycles. The molecular weight excluding hydrogens is 394 g/mol. The van der Waals surface area contributed by atoms with Gasteiger partial charge in [0.1, 0.15) is 23.7 Å². The first-order chi connectivity index (χ1) is 15.0. The van der Waals surface area contributed by atoms with Gasteiger partial charge in [0.05, 0.1) is 17.5 Å². The minimum Gasteiger partial charge on any atom is -0.489 e. The maximum atomic E-state index is 12.3. The van der Waals surface area contributed by atoms with Crippen LogP contribution in [-0.4, -0.2) is 50.7 Å². The Kier molecular flexibility index (Phi) is 6.73. The molecule has 0 spiro atoms. The van der Waals surface area contributed by atoms with E-state index < -0.39 is 0 Å². The van der Waals surface area contributed by atoms with E-state index in [-0.39, 0.29) is 18.8 Å². The summed E-state index contributed by atoms with van der Waals surface area (Å²) in [6.07, 6.45) is 9.10. The molecule has 0 aromatic carbocycles. The van der Waals surface area contributed by atoms with Crippen LogP contribution in [-0.2, 0) is 24.8 Å². The molecule has 2 aliphatic rings. The molecule has 31 heavy (non-hydrogen) atoms. The second kappa shape index (κ2) is 9.66. The standard InChI is InChI=1S/C23H33N5O3/c1-4-18-21(31-17-8-6-5-7-9-17)13-12-19(24-18)22-20(28(3)26-25-22)15-30-23(29)27(2)14-16-10-11-16/h12-13,16-17H,4-11,14-15H2,1-3H3. The number of pyridine rings is 1. The molecule has 0 aliphatic heterocycles. The Morgan fingerprint density at radius 1 is 1.19 bits per heavy atom. The van der Waals surface area contributed by atoms with E-state index in [1.54, 1.807) is 23.7 Å². The van der Waals surface area contributed by atoms with Gasteiger partial charge in [0.2, 0.25) is 0 Å². The van der Waals surface area contributed by atoms with Crippen molar-refractivity contribution in [3.63, 3.8) is 0 Å². The molecule has 8 nitrogen and oxygen atoms in total. The van der Waals surface area contributed by atoms with Gasteiger partial charge in [-0.3, -0.25) is 0 Å². The molecule has 0 radical (unpaired) electrons. The second-order valence-corrected chi connectivity index (χ2v) is 8.76. The number of aromatic nitrogens is 4. The van der Waals surface area contributed by atoms with Crippen molar-refractivity contribution < 1.29 is 14.3 Å². The van der Waals surface area contributed by atoms with Crippen LogP contribution in [0.4, 0.5) is 4.79 Å². The number of hydrogen-bond donors (Lipinski definition) is 0. The smallest absolute Gasteiger partial charge is 0.409 e. The molecule has 1 amide bonds. The van der Waals surface area contributed by atoms with Crippen LogP contribution in [0.2, 0.25) is 0 Å². The fourth-order valence-electron chi connectivity index (χ4n) is 4.08. The number of rotatable bonds is 8. The van der Waals surface area contributed by atoms with Crippen LogP contribution < -0.4 is 4.74 Å². The van der Waals surface area contributed by atoms with E-state index >= 15 is 0 Å². The first kappa shape index (κ1) is 21.6. The van der Waals surface area contributed by atoms with E-state index in [0.29, 0.717) is 11.6 Å². The average Bonchev–Trinajstić information content (AvgIpc) is 3.53. The number of amides is 1. The Hall–Kier alpha value is -2.64. The molecule has 2 aromatic rings. The van der Waals surface area contributed by atoms with E-state index in [4.69, 9.17) is 14.5 Å². The monoisotopic (exact) mass is 427 g/mol. The molecule has 0 atom stereocenters. The summed E-state index contributed by atoms with van der Waals surface area (Å²) in [5, 5.41) is 8.43. The van der Waals surface area contributed by atoms with Crippen LogP contribution in [0.15, 0.2) is 12.1 Å². The Labute approximate surface area is 183 Å². The summed E-state index contributed by atoms with van der Waals surface area (Å²) in [6, 6.07) is 3.91. The van der Waals surface area contributed by atoms with E-state index in [2.05, 4.69) is 17.2 Å². The van der Waals surface area contributed by atoms with Crippen LogP contribution in [0.5, 0.6) is 5.75 Å². The Bertz CT molecular complexity index is 903. The highest BCUT2D eigenvalue weighted by molar-refractivity contribution is 5.67. The molecule has 2 heterocycles. The number of ether oxygens (including phenoxy) is 2. The van der Waals surface area contributed by atoms with Crippen molar-refractivity contribution in [2.24, 2.45) is 13.0 Å². The lowest BCUT2D eigenvalue weighted by Gasteiger charge is -2.24. The molecule has 0 bridgehead atoms. The average molecular weight is 428 g/mol. The van der Waals surface area contributed by atoms with Crippen LogP contribution in [0.3, 0.4) is 0 Å². The zero-order chi connectivity index (χ0) is 21.8. The Balaban J connectivity index is 1.46. The van der Waals surface area contributed by atoms with Gasteiger partial charge in [-0.2, -0.15) is 0 Å². The van der Waals surface area contributed by atoms with Crippen LogP contribution in [0.25, 0.3) is 11.4 Å². The second-order valence-electron chi connectivity index (χ2n) is 8.76. The van der Waals surface area contributed by atoms with Gasteiger partial charge >= 0.3 is 6.09 Å². The zero-order valence-corrected chi connectivity index (χ0v) is 18.8. The Morgan fingerprint density at radius 3 is 2.68 bits per heavy atom. The van der Waals surface area contributed by atoms with Crippen LogP contribution in [0, 0.1) is 5.92 Å². The predicted molar refractivity (Wildman–Crippen MR) is 117 cm³/mol. The van der Waals surface area contributed by atoms with Gasteiger partial charge in [-0.15, -0.1) is 5.10 Å². The number of carbonyl (C=O) groups excluding carboxylic acids is 1. The topological polar surface area (TPSA) is 82.4 Å². The van der Waals surface area contributed by atoms with E-state index in [1.165, 1.54) is 32.1 Å². The predicted octanol–water partition coefficient (Wildman–Crippen LogP) is 4.13. The third-order valence-electron chi connectivity index (χ3n) is 6.17. The quantitative estimate of drug-likeness (QED) is 0.630. The molecule has 2 aliphatic carbocycles. The first-order valence-electron chi connectivity index (χ1n) is 11.5. The summed E-state index contributed by atoms with van der Waals surface area (Å²) in [4.78, 5) is 18.8. The van der Waals surface area contributed by atoms with E-state index in [0.717, 1.165) is 48.6 Å². The van der Waals surface area contributed by atoms with E-state index in [9.17, 15) is 4.79 Å². The summed E-state index contributed by atoms with van der Waals surface area (Å²) < 4.78 is 13.4. The molecule has 2 saturated carbocycles. The van der Waals surface area contributed by atoms with Gasteiger partial charge in [-0.1, -0.05) is 18.6 Å². The molecule has 8 heteroatoms. The summed E-state index contributed by atoms with van der Waals surface area (Å²) in [5.41, 5.74) is 3.00. The third kappa shape index (κ3) is 5.35. The van der Waals surface area contributed by atoms with Crippen LogP contribution >= 0.6 is 0 Å². The van der Waals surface area contributed by atoms with Crippen molar-refractivity contribution in [1.29, 1.82) is 0 Å². The third-order valence-corrected chi connectivity index (χ3v) is 6.17. The van der Waals surface area contributed by atoms with E-state index in [1.807, 2.05) is 12.1 Å². The normalized spacial score (nSPS) is 16.9. The molecule has 2 fully saturated rings. The SMILES string of the molecule is CCc1nc(-c2nnn(C)c2COC(=O)N(C)CC2CC2)ccc1OC1CCCCC1. The summed E-state index contributed by atoms with van der Waals surface area (Å²) >= 11 is 0. The summed E-state index contributed by atoms with van der Waals surface area (Å²) in [6.45, 7) is 2.93. The highest BCUT2D eigenvalue weighted by atomic mass is 16.6. The van der Waals surface area contributed by atoms with Crippen LogP contribution in [0.1, 0.15) is 63.3 Å². The minimum absolute atomic E-state index is 0.107. The van der Waals surface area contributed by atoms with Gasteiger partial charge in [-0.25, -0.2) is 14.5 Å². The lowest BCUT2D eigenvalue weighted by Crippen LogP contribution is -2.29. The number of carbonyl (C=O) groups is 1. The highest BCUT2D eigenvalue weighted by Gasteiger charge is 2.26. The number of aryl methyl sites for hydroxylation is 2. The lowest BCUT2D eigenvalue weighted by molar-refractivity contribution is 0.101. The molecule has 2 aromatic heterocycles. The van der Waals surface area contributed by atoms with Crippen molar-refractivity contribution in [3.05, 3.63) is 23.5 Å². The molecule has 0 unspecified atom stereocenters. The van der Waals surface area contributed by atoms with Gasteiger partial charge in [0.15, 0.2) is 0 Å². The maximum absolute atomic E-state index is 12.3. The summed E-state index contributed by atoms with van der Waals surface area (Å²) in [5.74, 6) is 1.48. The fourth-order valence-corrected chi connectivity index (χ4v) is 4.08. The van der Waals surface area contributed by atoms with Crippen molar-refractivity contribution in [3.8, 4) is 17.1 Å². The van der Waals surface area contributed by atoms with Gasteiger partial charge in [0.25, 0.3) is 0 Å². The molecule has 0 N–H and O–H groups in total. The molecule has 4 rings (SSSR count). The van der Waals surface area contributed by atoms with Crippen molar-refractivity contribution in [2.75, 3.05) is 13.6 Å². The zero-order valence-electron chi connectivity index (χ0n) is 18.8.